The number of aliphatic imine (C=N–C) groups is 1. The van der Waals surface area contributed by atoms with Crippen molar-refractivity contribution in [2.24, 2.45) is 10.9 Å². The Balaban J connectivity index is 1.31. The summed E-state index contributed by atoms with van der Waals surface area (Å²) in [5, 5.41) is 14.9. The summed E-state index contributed by atoms with van der Waals surface area (Å²) in [6.45, 7) is 8.55. The molecule has 4 aliphatic heterocycles. The van der Waals surface area contributed by atoms with E-state index in [1.165, 1.54) is 12.6 Å². The molecule has 6 rings (SSSR count). The molecule has 4 aliphatic rings. The number of esters is 1. The van der Waals surface area contributed by atoms with Gasteiger partial charge in [-0.2, -0.15) is 0 Å². The molecule has 0 aliphatic carbocycles. The maximum atomic E-state index is 13.8. The lowest BCUT2D eigenvalue weighted by Gasteiger charge is -2.53. The highest BCUT2D eigenvalue weighted by molar-refractivity contribution is 7.10. The number of ether oxygens (including phenoxy) is 1. The van der Waals surface area contributed by atoms with Crippen molar-refractivity contribution in [3.05, 3.63) is 40.5 Å². The van der Waals surface area contributed by atoms with Crippen molar-refractivity contribution >= 4 is 29.0 Å². The Bertz CT molecular complexity index is 1040. The first-order valence-corrected chi connectivity index (χ1v) is 13.6. The summed E-state index contributed by atoms with van der Waals surface area (Å²) in [6.07, 6.45) is 8.35. The van der Waals surface area contributed by atoms with Gasteiger partial charge in [0.2, 0.25) is 0 Å². The minimum absolute atomic E-state index is 0.148. The predicted molar refractivity (Wildman–Crippen MR) is 133 cm³/mol. The molecule has 2 atom stereocenters. The molecule has 0 saturated carbocycles. The molecule has 0 spiro atoms. The van der Waals surface area contributed by atoms with Crippen LogP contribution in [0.25, 0.3) is 0 Å². The van der Waals surface area contributed by atoms with Crippen LogP contribution in [0.3, 0.4) is 0 Å². The van der Waals surface area contributed by atoms with Gasteiger partial charge in [0, 0.05) is 29.5 Å². The highest BCUT2D eigenvalue weighted by Gasteiger charge is 2.51. The largest absolute Gasteiger partial charge is 0.858 e. The van der Waals surface area contributed by atoms with E-state index in [2.05, 4.69) is 25.9 Å². The number of aromatic nitrogens is 2. The van der Waals surface area contributed by atoms with Gasteiger partial charge in [-0.25, -0.2) is 14.8 Å². The number of rotatable bonds is 7. The number of hydrogen-bond donors (Lipinski definition) is 0. The second kappa shape index (κ2) is 9.95. The van der Waals surface area contributed by atoms with Crippen LogP contribution >= 0.6 is 11.3 Å². The van der Waals surface area contributed by atoms with Crippen molar-refractivity contribution in [1.82, 2.24) is 14.9 Å². The number of nitrogens with zero attached hydrogens (tertiary/aromatic N) is 5. The van der Waals surface area contributed by atoms with Gasteiger partial charge in [0.05, 0.1) is 31.2 Å². The van der Waals surface area contributed by atoms with Crippen molar-refractivity contribution in [3.63, 3.8) is 0 Å². The number of fused-ring (bicyclic) bond motifs is 3. The van der Waals surface area contributed by atoms with Gasteiger partial charge in [-0.05, 0) is 51.2 Å². The first kappa shape index (κ1) is 24.3. The lowest BCUT2D eigenvalue weighted by atomic mass is 9.83. The zero-order valence-corrected chi connectivity index (χ0v) is 21.5. The molecule has 1 unspecified atom stereocenters. The Morgan fingerprint density at radius 2 is 2.03 bits per heavy atom. The zero-order chi connectivity index (χ0) is 24.5. The number of quaternary nitrogens is 1. The molecule has 0 N–H and O–H groups in total. The maximum Gasteiger partial charge on any atom is 0.332 e. The molecule has 0 amide bonds. The molecule has 35 heavy (non-hydrogen) atoms. The van der Waals surface area contributed by atoms with E-state index >= 15 is 0 Å². The first-order valence-electron chi connectivity index (χ1n) is 12.8. The number of hydrogen-bond acceptors (Lipinski definition) is 8. The van der Waals surface area contributed by atoms with Gasteiger partial charge < -0.3 is 14.3 Å². The number of carbonyl (C=O) groups excluding carboxylic acids is 1. The Kier molecular flexibility index (Phi) is 6.92. The lowest BCUT2D eigenvalue weighted by Crippen LogP contribution is -2.67. The van der Waals surface area contributed by atoms with E-state index in [1.54, 1.807) is 17.5 Å². The molecule has 6 heterocycles. The SMILES string of the molecule is Cc1cnc(N=C([O-])C[N+]23CCC(CC2)[C@H](OC(=O)C(C)(c2cccs2)N2CCCCC2)C3)cn1. The first-order chi connectivity index (χ1) is 16.9. The summed E-state index contributed by atoms with van der Waals surface area (Å²) in [4.78, 5) is 29.7. The zero-order valence-electron chi connectivity index (χ0n) is 20.7. The third-order valence-corrected chi connectivity index (χ3v) is 9.24. The Labute approximate surface area is 211 Å². The molecule has 188 valence electrons. The van der Waals surface area contributed by atoms with Crippen molar-refractivity contribution < 1.29 is 19.1 Å². The highest BCUT2D eigenvalue weighted by Crippen LogP contribution is 2.39. The summed E-state index contributed by atoms with van der Waals surface area (Å²) in [7, 11) is 0. The van der Waals surface area contributed by atoms with Gasteiger partial charge in [0.15, 0.2) is 17.5 Å². The van der Waals surface area contributed by atoms with Gasteiger partial charge in [0.1, 0.15) is 13.1 Å². The normalized spacial score (nSPS) is 29.0. The van der Waals surface area contributed by atoms with Crippen LogP contribution < -0.4 is 5.11 Å². The van der Waals surface area contributed by atoms with Gasteiger partial charge >= 0.3 is 5.97 Å². The second-order valence-electron chi connectivity index (χ2n) is 10.5. The van der Waals surface area contributed by atoms with Crippen molar-refractivity contribution in [2.75, 3.05) is 39.3 Å². The average Bonchev–Trinajstić information content (AvgIpc) is 3.41. The van der Waals surface area contributed by atoms with E-state index in [4.69, 9.17) is 4.74 Å². The van der Waals surface area contributed by atoms with Gasteiger partial charge in [0.25, 0.3) is 0 Å². The van der Waals surface area contributed by atoms with Crippen LogP contribution in [0.5, 0.6) is 0 Å². The van der Waals surface area contributed by atoms with Crippen LogP contribution in [0.15, 0.2) is 34.9 Å². The topological polar surface area (TPSA) is 90.7 Å². The molecule has 8 nitrogen and oxygen atoms in total. The molecule has 2 aromatic heterocycles. The molecule has 4 fully saturated rings. The van der Waals surface area contributed by atoms with Gasteiger partial charge in [-0.3, -0.25) is 9.88 Å². The summed E-state index contributed by atoms with van der Waals surface area (Å²) in [5.41, 5.74) is 0.0286. The predicted octanol–water partition coefficient (Wildman–Crippen LogP) is 2.79. The summed E-state index contributed by atoms with van der Waals surface area (Å²) in [5.74, 6) is 0.375. The molecule has 0 radical (unpaired) electrons. The number of carbonyl (C=O) groups is 1. The second-order valence-corrected chi connectivity index (χ2v) is 11.5. The Hall–Kier alpha value is -2.36. The van der Waals surface area contributed by atoms with E-state index in [0.29, 0.717) is 29.3 Å². The van der Waals surface area contributed by atoms with Crippen molar-refractivity contribution in [3.8, 4) is 0 Å². The Morgan fingerprint density at radius 1 is 1.26 bits per heavy atom. The van der Waals surface area contributed by atoms with Crippen LogP contribution in [-0.2, 0) is 15.1 Å². The fraction of sp³-hybridized carbons (Fsp3) is 0.615. The van der Waals surface area contributed by atoms with E-state index < -0.39 is 5.54 Å². The standard InChI is InChI=1S/C26H35N5O3S/c1-19-15-28-23(16-27-19)29-24(32)18-31-12-8-20(9-13-31)21(17-31)34-25(33)26(2,22-7-6-14-35-22)30-10-4-3-5-11-30/h6-7,14-16,20-21H,3-5,8-13,17-18H2,1-2H3/t20?,21-,26?,31?/m1/s1. The van der Waals surface area contributed by atoms with Crippen LogP contribution in [0, 0.1) is 12.8 Å². The lowest BCUT2D eigenvalue weighted by molar-refractivity contribution is -0.940. The smallest absolute Gasteiger partial charge is 0.332 e. The van der Waals surface area contributed by atoms with Crippen LogP contribution in [0.4, 0.5) is 5.82 Å². The van der Waals surface area contributed by atoms with E-state index in [0.717, 1.165) is 62.4 Å². The molecule has 0 aromatic carbocycles. The van der Waals surface area contributed by atoms with Crippen molar-refractivity contribution in [2.45, 2.75) is 57.6 Å². The molecule has 9 heteroatoms. The summed E-state index contributed by atoms with van der Waals surface area (Å²) >= 11 is 1.62. The van der Waals surface area contributed by atoms with E-state index in [-0.39, 0.29) is 18.0 Å². The van der Waals surface area contributed by atoms with Crippen LogP contribution in [0.1, 0.15) is 49.6 Å². The molecule has 2 bridgehead atoms. The molecule has 2 aromatic rings. The highest BCUT2D eigenvalue weighted by atomic mass is 32.1. The number of aryl methyl sites for hydroxylation is 1. The van der Waals surface area contributed by atoms with Gasteiger partial charge in [-0.15, -0.1) is 11.3 Å². The monoisotopic (exact) mass is 497 g/mol. The van der Waals surface area contributed by atoms with E-state index in [1.807, 2.05) is 25.3 Å². The summed E-state index contributed by atoms with van der Waals surface area (Å²) < 4.78 is 6.99. The average molecular weight is 498 g/mol. The molecule has 4 saturated heterocycles. The fourth-order valence-corrected chi connectivity index (χ4v) is 6.91. The third kappa shape index (κ3) is 4.99. The maximum absolute atomic E-state index is 13.8. The third-order valence-electron chi connectivity index (χ3n) is 8.16. The molecular weight excluding hydrogens is 462 g/mol. The Morgan fingerprint density at radius 3 is 2.69 bits per heavy atom. The van der Waals surface area contributed by atoms with Crippen molar-refractivity contribution in [1.29, 1.82) is 0 Å². The fourth-order valence-electron chi connectivity index (χ4n) is 6.00. The van der Waals surface area contributed by atoms with E-state index in [9.17, 15) is 9.90 Å². The van der Waals surface area contributed by atoms with Crippen LogP contribution in [0.2, 0.25) is 0 Å². The quantitative estimate of drug-likeness (QED) is 0.253. The minimum Gasteiger partial charge on any atom is -0.858 e. The minimum atomic E-state index is -0.763. The number of piperidine rings is 4. The molecular formula is C26H35N5O3S. The van der Waals surface area contributed by atoms with Gasteiger partial charge in [-0.1, -0.05) is 12.5 Å². The van der Waals surface area contributed by atoms with Crippen LogP contribution in [-0.4, -0.2) is 76.6 Å². The summed E-state index contributed by atoms with van der Waals surface area (Å²) in [6, 6.07) is 4.07. The number of likely N-dealkylation sites (tertiary alicyclic amines) is 1. The number of thiophene rings is 1.